The van der Waals surface area contributed by atoms with Crippen molar-refractivity contribution in [3.05, 3.63) is 23.5 Å². The Bertz CT molecular complexity index is 287. The van der Waals surface area contributed by atoms with Crippen molar-refractivity contribution in [1.29, 1.82) is 0 Å². The van der Waals surface area contributed by atoms with Gasteiger partial charge < -0.3 is 5.32 Å². The summed E-state index contributed by atoms with van der Waals surface area (Å²) in [5.41, 5.74) is 2.49. The van der Waals surface area contributed by atoms with E-state index in [1.807, 2.05) is 19.3 Å². The molecule has 0 radical (unpaired) electrons. The smallest absolute Gasteiger partial charge is 0.0654 e. The number of nitrogens with one attached hydrogen (secondary N) is 1. The zero-order valence-corrected chi connectivity index (χ0v) is 7.94. The molecule has 2 rings (SSSR count). The Morgan fingerprint density at radius 3 is 3.33 bits per heavy atom. The first-order valence-electron chi connectivity index (χ1n) is 4.10. The van der Waals surface area contributed by atoms with Crippen LogP contribution in [0.3, 0.4) is 0 Å². The van der Waals surface area contributed by atoms with E-state index in [1.54, 1.807) is 0 Å². The van der Waals surface area contributed by atoms with Gasteiger partial charge in [0.2, 0.25) is 0 Å². The van der Waals surface area contributed by atoms with Gasteiger partial charge >= 0.3 is 0 Å². The molecule has 2 heterocycles. The van der Waals surface area contributed by atoms with Crippen LogP contribution in [0, 0.1) is 0 Å². The fourth-order valence-corrected chi connectivity index (χ4v) is 1.66. The van der Waals surface area contributed by atoms with Crippen LogP contribution in [0.15, 0.2) is 28.5 Å². The summed E-state index contributed by atoms with van der Waals surface area (Å²) >= 11 is 4.47. The van der Waals surface area contributed by atoms with Gasteiger partial charge in [0.1, 0.15) is 0 Å². The third kappa shape index (κ3) is 1.41. The van der Waals surface area contributed by atoms with Crippen molar-refractivity contribution >= 4 is 18.8 Å². The Morgan fingerprint density at radius 2 is 2.50 bits per heavy atom. The lowest BCUT2D eigenvalue weighted by atomic mass is 10.1. The maximum Gasteiger partial charge on any atom is 0.0654 e. The SMILES string of the molecule is CC1(S)C=NC=C2CCNC2=C1. The number of rotatable bonds is 0. The number of hydrogen-bond donors (Lipinski definition) is 2. The van der Waals surface area contributed by atoms with E-state index in [4.69, 9.17) is 0 Å². The molecular formula is C9H12N2S. The summed E-state index contributed by atoms with van der Waals surface area (Å²) in [5, 5.41) is 3.32. The van der Waals surface area contributed by atoms with Crippen LogP contribution in [0.25, 0.3) is 0 Å². The zero-order valence-electron chi connectivity index (χ0n) is 7.04. The molecule has 0 bridgehead atoms. The molecule has 2 aliphatic rings. The van der Waals surface area contributed by atoms with Crippen LogP contribution in [-0.4, -0.2) is 17.5 Å². The van der Waals surface area contributed by atoms with Crippen LogP contribution in [-0.2, 0) is 0 Å². The lowest BCUT2D eigenvalue weighted by Gasteiger charge is -2.12. The van der Waals surface area contributed by atoms with Gasteiger partial charge in [-0.2, -0.15) is 12.6 Å². The Hall–Kier alpha value is -0.700. The molecule has 0 aromatic heterocycles. The molecule has 64 valence electrons. The van der Waals surface area contributed by atoms with Crippen molar-refractivity contribution in [2.45, 2.75) is 18.1 Å². The fraction of sp³-hybridized carbons (Fsp3) is 0.444. The van der Waals surface area contributed by atoms with E-state index in [-0.39, 0.29) is 4.75 Å². The normalized spacial score (nSPS) is 33.2. The minimum Gasteiger partial charge on any atom is -0.385 e. The van der Waals surface area contributed by atoms with Crippen LogP contribution >= 0.6 is 12.6 Å². The average Bonchev–Trinajstić information content (AvgIpc) is 2.31. The predicted molar refractivity (Wildman–Crippen MR) is 54.7 cm³/mol. The summed E-state index contributed by atoms with van der Waals surface area (Å²) in [4.78, 5) is 4.21. The third-order valence-corrected chi connectivity index (χ3v) is 2.30. The molecule has 3 heteroatoms. The minimum absolute atomic E-state index is 0.217. The van der Waals surface area contributed by atoms with Crippen molar-refractivity contribution in [1.82, 2.24) is 5.32 Å². The molecule has 0 amide bonds. The van der Waals surface area contributed by atoms with Crippen molar-refractivity contribution in [2.75, 3.05) is 6.54 Å². The van der Waals surface area contributed by atoms with Gasteiger partial charge in [-0.05, 0) is 25.0 Å². The third-order valence-electron chi connectivity index (χ3n) is 2.06. The van der Waals surface area contributed by atoms with Gasteiger partial charge in [0.25, 0.3) is 0 Å². The van der Waals surface area contributed by atoms with Crippen LogP contribution in [0.5, 0.6) is 0 Å². The first-order valence-corrected chi connectivity index (χ1v) is 4.55. The molecule has 0 aromatic carbocycles. The van der Waals surface area contributed by atoms with Gasteiger partial charge in [0.15, 0.2) is 0 Å². The second kappa shape index (κ2) is 2.66. The Balaban J connectivity index is 2.40. The standard InChI is InChI=1S/C9H12N2S/c1-9(12)4-8-7(2-3-11-8)5-10-6-9/h4-6,11-12H,2-3H2,1H3. The second-order valence-corrected chi connectivity index (χ2v) is 4.36. The molecule has 2 aliphatic heterocycles. The van der Waals surface area contributed by atoms with Gasteiger partial charge in [-0.25, -0.2) is 0 Å². The lowest BCUT2D eigenvalue weighted by molar-refractivity contribution is 0.904. The topological polar surface area (TPSA) is 24.4 Å². The number of allylic oxidation sites excluding steroid dienone is 1. The molecule has 1 fully saturated rings. The number of fused-ring (bicyclic) bond motifs is 1. The van der Waals surface area contributed by atoms with Gasteiger partial charge in [0.05, 0.1) is 4.75 Å². The number of nitrogens with zero attached hydrogens (tertiary/aromatic N) is 1. The van der Waals surface area contributed by atoms with E-state index in [0.717, 1.165) is 13.0 Å². The monoisotopic (exact) mass is 180 g/mol. The largest absolute Gasteiger partial charge is 0.385 e. The van der Waals surface area contributed by atoms with Crippen LogP contribution in [0.4, 0.5) is 0 Å². The zero-order chi connectivity index (χ0) is 8.60. The number of aliphatic imine (C=N–C) groups is 1. The molecule has 0 aromatic rings. The first-order chi connectivity index (χ1) is 5.67. The Labute approximate surface area is 77.9 Å². The molecular weight excluding hydrogens is 168 g/mol. The lowest BCUT2D eigenvalue weighted by Crippen LogP contribution is -2.17. The summed E-state index contributed by atoms with van der Waals surface area (Å²) in [5.74, 6) is 0. The molecule has 1 saturated heterocycles. The minimum atomic E-state index is -0.217. The summed E-state index contributed by atoms with van der Waals surface area (Å²) in [6.07, 6.45) is 6.97. The Kier molecular flexibility index (Phi) is 1.76. The van der Waals surface area contributed by atoms with E-state index in [9.17, 15) is 0 Å². The van der Waals surface area contributed by atoms with Gasteiger partial charge in [-0.15, -0.1) is 0 Å². The van der Waals surface area contributed by atoms with Gasteiger partial charge in [0, 0.05) is 24.7 Å². The molecule has 1 atom stereocenters. The number of hydrogen-bond acceptors (Lipinski definition) is 3. The molecule has 0 aliphatic carbocycles. The quantitative estimate of drug-likeness (QED) is 0.543. The van der Waals surface area contributed by atoms with Crippen molar-refractivity contribution in [3.63, 3.8) is 0 Å². The molecule has 2 nitrogen and oxygen atoms in total. The highest BCUT2D eigenvalue weighted by Gasteiger charge is 2.21. The highest BCUT2D eigenvalue weighted by Crippen LogP contribution is 2.25. The van der Waals surface area contributed by atoms with Crippen molar-refractivity contribution in [3.8, 4) is 0 Å². The maximum atomic E-state index is 4.47. The van der Waals surface area contributed by atoms with E-state index < -0.39 is 0 Å². The highest BCUT2D eigenvalue weighted by molar-refractivity contribution is 7.82. The van der Waals surface area contributed by atoms with Gasteiger partial charge in [-0.1, -0.05) is 0 Å². The second-order valence-electron chi connectivity index (χ2n) is 3.39. The summed E-state index contributed by atoms with van der Waals surface area (Å²) in [6, 6.07) is 0. The highest BCUT2D eigenvalue weighted by atomic mass is 32.1. The van der Waals surface area contributed by atoms with E-state index in [1.165, 1.54) is 11.3 Å². The summed E-state index contributed by atoms with van der Waals surface area (Å²) in [6.45, 7) is 3.06. The molecule has 12 heavy (non-hydrogen) atoms. The molecule has 0 spiro atoms. The van der Waals surface area contributed by atoms with E-state index in [0.29, 0.717) is 0 Å². The maximum absolute atomic E-state index is 4.47. The summed E-state index contributed by atoms with van der Waals surface area (Å²) in [7, 11) is 0. The van der Waals surface area contributed by atoms with Crippen LogP contribution in [0.1, 0.15) is 13.3 Å². The molecule has 0 saturated carbocycles. The predicted octanol–water partition coefficient (Wildman–Crippen LogP) is 1.52. The van der Waals surface area contributed by atoms with Crippen LogP contribution in [0.2, 0.25) is 0 Å². The molecule has 1 N–H and O–H groups in total. The van der Waals surface area contributed by atoms with E-state index >= 15 is 0 Å². The first kappa shape index (κ1) is 7.92. The fourth-order valence-electron chi connectivity index (χ4n) is 1.47. The number of thiol groups is 1. The van der Waals surface area contributed by atoms with E-state index in [2.05, 4.69) is 29.0 Å². The van der Waals surface area contributed by atoms with Crippen molar-refractivity contribution < 1.29 is 0 Å². The van der Waals surface area contributed by atoms with Crippen LogP contribution < -0.4 is 5.32 Å². The van der Waals surface area contributed by atoms with Gasteiger partial charge in [-0.3, -0.25) is 4.99 Å². The Morgan fingerprint density at radius 1 is 1.67 bits per heavy atom. The summed E-state index contributed by atoms with van der Waals surface area (Å²) < 4.78 is -0.217. The van der Waals surface area contributed by atoms with Crippen molar-refractivity contribution in [2.24, 2.45) is 4.99 Å². The average molecular weight is 180 g/mol. The molecule has 1 unspecified atom stereocenters.